The molecule has 1 aliphatic rings. The van der Waals surface area contributed by atoms with Crippen molar-refractivity contribution < 1.29 is 14.6 Å². The zero-order valence-corrected chi connectivity index (χ0v) is 11.1. The Balaban J connectivity index is 2.30. The lowest BCUT2D eigenvalue weighted by molar-refractivity contribution is 0.0553. The maximum Gasteiger partial charge on any atom is 0.347 e. The van der Waals surface area contributed by atoms with Crippen molar-refractivity contribution in [3.05, 3.63) is 15.6 Å². The van der Waals surface area contributed by atoms with Gasteiger partial charge >= 0.3 is 5.97 Å². The lowest BCUT2D eigenvalue weighted by atomic mass is 10.1. The largest absolute Gasteiger partial charge is 0.477 e. The molecule has 1 saturated heterocycles. The zero-order valence-electron chi connectivity index (χ0n) is 10.3. The van der Waals surface area contributed by atoms with Gasteiger partial charge in [-0.1, -0.05) is 13.8 Å². The van der Waals surface area contributed by atoms with Gasteiger partial charge in [-0.15, -0.1) is 11.3 Å². The number of rotatable bonds is 3. The van der Waals surface area contributed by atoms with Crippen LogP contribution in [0.15, 0.2) is 0 Å². The molecule has 1 fully saturated rings. The van der Waals surface area contributed by atoms with Crippen molar-refractivity contribution in [2.45, 2.75) is 51.7 Å². The fraction of sp³-hybridized carbons (Fsp3) is 0.667. The van der Waals surface area contributed by atoms with Crippen molar-refractivity contribution in [3.8, 4) is 0 Å². The quantitative estimate of drug-likeness (QED) is 0.901. The SMILES string of the molecule is CC1CCC(c2nc(C(C)C)c(C(=O)O)s2)O1. The van der Waals surface area contributed by atoms with Crippen LogP contribution in [0.5, 0.6) is 0 Å². The summed E-state index contributed by atoms with van der Waals surface area (Å²) in [5.41, 5.74) is 0.681. The number of hydrogen-bond acceptors (Lipinski definition) is 4. The molecule has 4 nitrogen and oxygen atoms in total. The van der Waals surface area contributed by atoms with Gasteiger partial charge in [0.1, 0.15) is 16.0 Å². The van der Waals surface area contributed by atoms with Gasteiger partial charge in [0.2, 0.25) is 0 Å². The second kappa shape index (κ2) is 4.74. The summed E-state index contributed by atoms with van der Waals surface area (Å²) < 4.78 is 5.73. The van der Waals surface area contributed by atoms with Crippen LogP contribution < -0.4 is 0 Å². The highest BCUT2D eigenvalue weighted by molar-refractivity contribution is 7.13. The van der Waals surface area contributed by atoms with Crippen molar-refractivity contribution in [2.24, 2.45) is 0 Å². The van der Waals surface area contributed by atoms with E-state index < -0.39 is 5.97 Å². The molecule has 0 aromatic carbocycles. The maximum atomic E-state index is 11.1. The molecular formula is C12H17NO3S. The van der Waals surface area contributed by atoms with E-state index in [2.05, 4.69) is 4.98 Å². The molecule has 0 aliphatic carbocycles. The standard InChI is InChI=1S/C12H17NO3S/c1-6(2)9-10(12(14)15)17-11(13-9)8-5-4-7(3)16-8/h6-8H,4-5H2,1-3H3,(H,14,15). The molecule has 2 atom stereocenters. The number of ether oxygens (including phenoxy) is 1. The van der Waals surface area contributed by atoms with Gasteiger partial charge in [0.05, 0.1) is 11.8 Å². The topological polar surface area (TPSA) is 59.4 Å². The third-order valence-electron chi connectivity index (χ3n) is 2.92. The molecule has 2 unspecified atom stereocenters. The summed E-state index contributed by atoms with van der Waals surface area (Å²) in [5, 5.41) is 9.97. The summed E-state index contributed by atoms with van der Waals surface area (Å²) in [6, 6.07) is 0. The molecule has 0 saturated carbocycles. The Labute approximate surface area is 105 Å². The van der Waals surface area contributed by atoms with Crippen molar-refractivity contribution >= 4 is 17.3 Å². The number of aromatic nitrogens is 1. The van der Waals surface area contributed by atoms with E-state index in [-0.39, 0.29) is 18.1 Å². The van der Waals surface area contributed by atoms with Gasteiger partial charge in [-0.3, -0.25) is 0 Å². The summed E-state index contributed by atoms with van der Waals surface area (Å²) in [6.07, 6.45) is 2.19. The molecule has 2 rings (SSSR count). The maximum absolute atomic E-state index is 11.1. The average Bonchev–Trinajstić information content (AvgIpc) is 2.82. The Bertz CT molecular complexity index is 427. The van der Waals surface area contributed by atoms with Gasteiger partial charge in [-0.2, -0.15) is 0 Å². The summed E-state index contributed by atoms with van der Waals surface area (Å²) in [6.45, 7) is 5.96. The third-order valence-corrected chi connectivity index (χ3v) is 4.07. The third kappa shape index (κ3) is 2.50. The van der Waals surface area contributed by atoms with Crippen molar-refractivity contribution in [1.82, 2.24) is 4.98 Å². The minimum atomic E-state index is -0.886. The van der Waals surface area contributed by atoms with Crippen LogP contribution in [0.25, 0.3) is 0 Å². The van der Waals surface area contributed by atoms with Crippen LogP contribution in [-0.2, 0) is 4.74 Å². The first-order chi connectivity index (χ1) is 7.99. The normalized spacial score (nSPS) is 24.5. The molecule has 1 aromatic heterocycles. The molecule has 1 N–H and O–H groups in total. The molecule has 94 valence electrons. The molecule has 0 spiro atoms. The first kappa shape index (κ1) is 12.5. The average molecular weight is 255 g/mol. The van der Waals surface area contributed by atoms with Gasteiger partial charge < -0.3 is 9.84 Å². The fourth-order valence-electron chi connectivity index (χ4n) is 2.02. The van der Waals surface area contributed by atoms with E-state index in [0.29, 0.717) is 10.6 Å². The van der Waals surface area contributed by atoms with Crippen molar-refractivity contribution in [3.63, 3.8) is 0 Å². The number of hydrogen-bond donors (Lipinski definition) is 1. The van der Waals surface area contributed by atoms with Crippen molar-refractivity contribution in [1.29, 1.82) is 0 Å². The second-order valence-corrected chi connectivity index (χ2v) is 5.77. The van der Waals surface area contributed by atoms with Gasteiger partial charge in [0.25, 0.3) is 0 Å². The summed E-state index contributed by atoms with van der Waals surface area (Å²) in [5.74, 6) is -0.756. The first-order valence-electron chi connectivity index (χ1n) is 5.88. The lowest BCUT2D eigenvalue weighted by Gasteiger charge is -2.07. The Morgan fingerprint density at radius 2 is 2.24 bits per heavy atom. The Kier molecular flexibility index (Phi) is 3.49. The van der Waals surface area contributed by atoms with E-state index >= 15 is 0 Å². The smallest absolute Gasteiger partial charge is 0.347 e. The van der Waals surface area contributed by atoms with Gasteiger partial charge in [-0.25, -0.2) is 9.78 Å². The van der Waals surface area contributed by atoms with Crippen LogP contribution in [0.1, 0.15) is 66.0 Å². The first-order valence-corrected chi connectivity index (χ1v) is 6.70. The van der Waals surface area contributed by atoms with E-state index in [1.807, 2.05) is 20.8 Å². The molecule has 0 amide bonds. The summed E-state index contributed by atoms with van der Waals surface area (Å²) in [4.78, 5) is 16.0. The highest BCUT2D eigenvalue weighted by Gasteiger charge is 2.29. The fourth-order valence-corrected chi connectivity index (χ4v) is 3.15. The number of aromatic carboxylic acids is 1. The number of thiazole rings is 1. The minimum absolute atomic E-state index is 0.0133. The number of carboxylic acid groups (broad SMARTS) is 1. The molecule has 0 bridgehead atoms. The summed E-state index contributed by atoms with van der Waals surface area (Å²) >= 11 is 1.26. The van der Waals surface area contributed by atoms with Crippen LogP contribution in [0.4, 0.5) is 0 Å². The molecule has 1 aromatic rings. The molecule has 0 radical (unpaired) electrons. The van der Waals surface area contributed by atoms with E-state index in [4.69, 9.17) is 9.84 Å². The van der Waals surface area contributed by atoms with Gasteiger partial charge in [0.15, 0.2) is 0 Å². The number of carboxylic acids is 1. The summed E-state index contributed by atoms with van der Waals surface area (Å²) in [7, 11) is 0. The van der Waals surface area contributed by atoms with Gasteiger partial charge in [-0.05, 0) is 25.7 Å². The van der Waals surface area contributed by atoms with E-state index in [9.17, 15) is 4.79 Å². The second-order valence-electron chi connectivity index (χ2n) is 4.74. The van der Waals surface area contributed by atoms with Crippen LogP contribution in [0.3, 0.4) is 0 Å². The van der Waals surface area contributed by atoms with E-state index in [1.54, 1.807) is 0 Å². The van der Waals surface area contributed by atoms with Crippen LogP contribution in [-0.4, -0.2) is 22.2 Å². The van der Waals surface area contributed by atoms with Crippen LogP contribution in [0, 0.1) is 0 Å². The Morgan fingerprint density at radius 3 is 2.65 bits per heavy atom. The van der Waals surface area contributed by atoms with E-state index in [0.717, 1.165) is 17.8 Å². The van der Waals surface area contributed by atoms with Crippen LogP contribution in [0.2, 0.25) is 0 Å². The molecular weight excluding hydrogens is 238 g/mol. The van der Waals surface area contributed by atoms with E-state index in [1.165, 1.54) is 11.3 Å². The zero-order chi connectivity index (χ0) is 12.6. The van der Waals surface area contributed by atoms with Gasteiger partial charge in [0, 0.05) is 0 Å². The predicted octanol–water partition coefficient (Wildman–Crippen LogP) is 3.20. The molecule has 1 aliphatic heterocycles. The minimum Gasteiger partial charge on any atom is -0.477 e. The highest BCUT2D eigenvalue weighted by Crippen LogP contribution is 2.37. The predicted molar refractivity (Wildman–Crippen MR) is 65.7 cm³/mol. The Hall–Kier alpha value is -0.940. The highest BCUT2D eigenvalue weighted by atomic mass is 32.1. The number of nitrogens with zero attached hydrogens (tertiary/aromatic N) is 1. The number of carbonyl (C=O) groups is 1. The monoisotopic (exact) mass is 255 g/mol. The molecule has 17 heavy (non-hydrogen) atoms. The van der Waals surface area contributed by atoms with Crippen LogP contribution >= 0.6 is 11.3 Å². The van der Waals surface area contributed by atoms with Crippen molar-refractivity contribution in [2.75, 3.05) is 0 Å². The molecule has 5 heteroatoms. The molecule has 2 heterocycles. The Morgan fingerprint density at radius 1 is 1.53 bits per heavy atom. The lowest BCUT2D eigenvalue weighted by Crippen LogP contribution is -2.02.